The fraction of sp³-hybridized carbons (Fsp3) is 1.00. The van der Waals surface area contributed by atoms with Gasteiger partial charge in [0.15, 0.2) is 0 Å². The van der Waals surface area contributed by atoms with Crippen molar-refractivity contribution in [3.63, 3.8) is 0 Å². The van der Waals surface area contributed by atoms with Gasteiger partial charge in [-0.3, -0.25) is 0 Å². The molecule has 1 unspecified atom stereocenters. The fourth-order valence-electron chi connectivity index (χ4n) is 1.73. The molecule has 16 heavy (non-hydrogen) atoms. The zero-order chi connectivity index (χ0) is 12.1. The second-order valence-corrected chi connectivity index (χ2v) is 5.97. The van der Waals surface area contributed by atoms with Crippen LogP contribution >= 0.6 is 19.5 Å². The van der Waals surface area contributed by atoms with Crippen LogP contribution in [0.4, 0.5) is 0 Å². The largest absolute Gasteiger partial charge is 0.582 e. The molecule has 0 aromatic rings. The van der Waals surface area contributed by atoms with Crippen molar-refractivity contribution in [2.45, 2.75) is 71.1 Å². The predicted molar refractivity (Wildman–Crippen MR) is 74.4 cm³/mol. The molecular formula is C12H26O2PS+. The Balaban J connectivity index is 2.90. The second kappa shape index (κ2) is 13.5. The third-order valence-electron chi connectivity index (χ3n) is 2.70. The molecule has 0 aliphatic rings. The molecule has 2 nitrogen and oxygen atoms in total. The lowest BCUT2D eigenvalue weighted by atomic mass is 10.1. The summed E-state index contributed by atoms with van der Waals surface area (Å²) in [6.07, 6.45) is 13.1. The van der Waals surface area contributed by atoms with Crippen molar-refractivity contribution in [2.24, 2.45) is 0 Å². The summed E-state index contributed by atoms with van der Waals surface area (Å²) in [5.74, 6) is 0. The molecule has 1 atom stereocenters. The van der Waals surface area contributed by atoms with E-state index in [4.69, 9.17) is 4.52 Å². The van der Waals surface area contributed by atoms with Gasteiger partial charge in [0.25, 0.3) is 0 Å². The lowest BCUT2D eigenvalue weighted by molar-refractivity contribution is 0.325. The van der Waals surface area contributed by atoms with E-state index in [2.05, 4.69) is 19.2 Å². The summed E-state index contributed by atoms with van der Waals surface area (Å²) >= 11 is 3.68. The maximum Gasteiger partial charge on any atom is 0.582 e. The van der Waals surface area contributed by atoms with Crippen LogP contribution in [0.2, 0.25) is 0 Å². The number of rotatable bonds is 12. The van der Waals surface area contributed by atoms with Crippen molar-refractivity contribution in [3.05, 3.63) is 0 Å². The first-order valence-corrected chi connectivity index (χ1v) is 8.89. The highest BCUT2D eigenvalue weighted by Crippen LogP contribution is 2.26. The number of unbranched alkanes of at least 4 members (excludes halogenated alkanes) is 9. The van der Waals surface area contributed by atoms with Crippen LogP contribution in [-0.2, 0) is 9.09 Å². The fourth-order valence-corrected chi connectivity index (χ4v) is 2.26. The van der Waals surface area contributed by atoms with E-state index in [0.29, 0.717) is 6.61 Å². The van der Waals surface area contributed by atoms with Gasteiger partial charge in [0, 0.05) is 0 Å². The molecule has 0 saturated heterocycles. The molecule has 0 heterocycles. The zero-order valence-corrected chi connectivity index (χ0v) is 12.3. The topological polar surface area (TPSA) is 26.3 Å². The van der Waals surface area contributed by atoms with E-state index in [1.807, 2.05) is 0 Å². The normalized spacial score (nSPS) is 11.8. The van der Waals surface area contributed by atoms with Gasteiger partial charge in [-0.2, -0.15) is 0 Å². The summed E-state index contributed by atoms with van der Waals surface area (Å²) < 4.78 is 15.4. The van der Waals surface area contributed by atoms with Gasteiger partial charge in [-0.1, -0.05) is 64.7 Å². The van der Waals surface area contributed by atoms with E-state index in [1.54, 1.807) is 0 Å². The molecule has 0 fully saturated rings. The minimum atomic E-state index is -1.69. The van der Waals surface area contributed by atoms with Crippen molar-refractivity contribution < 1.29 is 9.09 Å². The second-order valence-electron chi connectivity index (χ2n) is 4.25. The first kappa shape index (κ1) is 16.4. The Bertz CT molecular complexity index is 165. The quantitative estimate of drug-likeness (QED) is 0.286. The van der Waals surface area contributed by atoms with Gasteiger partial charge < -0.3 is 0 Å². The molecule has 96 valence electrons. The van der Waals surface area contributed by atoms with E-state index in [0.717, 1.165) is 6.42 Å². The molecule has 0 aromatic carbocycles. The third kappa shape index (κ3) is 14.4. The standard InChI is InChI=1S/C12H25O2PS/c1-2-3-4-5-6-7-8-9-10-11-12-14-15(13)16/h2-12H2,1H3/p+1. The molecule has 0 spiro atoms. The van der Waals surface area contributed by atoms with Crippen molar-refractivity contribution in [1.29, 1.82) is 0 Å². The van der Waals surface area contributed by atoms with Crippen LogP contribution in [-0.4, -0.2) is 6.61 Å². The monoisotopic (exact) mass is 265 g/mol. The average Bonchev–Trinajstić information content (AvgIpc) is 2.25. The lowest BCUT2D eigenvalue weighted by Gasteiger charge is -2.00. The average molecular weight is 265 g/mol. The van der Waals surface area contributed by atoms with Crippen molar-refractivity contribution >= 4 is 19.5 Å². The highest BCUT2D eigenvalue weighted by Gasteiger charge is 2.07. The number of hydrogen-bond acceptors (Lipinski definition) is 2. The summed E-state index contributed by atoms with van der Waals surface area (Å²) in [6.45, 7) is 2.84. The van der Waals surface area contributed by atoms with Crippen LogP contribution in [0.25, 0.3) is 0 Å². The van der Waals surface area contributed by atoms with Gasteiger partial charge in [-0.05, 0) is 11.0 Å². The summed E-state index contributed by atoms with van der Waals surface area (Å²) in [5, 5.41) is 0. The van der Waals surface area contributed by atoms with Crippen molar-refractivity contribution in [3.8, 4) is 0 Å². The summed E-state index contributed by atoms with van der Waals surface area (Å²) in [6, 6.07) is 0. The highest BCUT2D eigenvalue weighted by atomic mass is 32.7. The van der Waals surface area contributed by atoms with E-state index >= 15 is 0 Å². The Hall–Kier alpha value is 0.410. The summed E-state index contributed by atoms with van der Waals surface area (Å²) in [4.78, 5) is 0. The smallest absolute Gasteiger partial charge is 0.136 e. The molecule has 0 aromatic heterocycles. The van der Waals surface area contributed by atoms with Crippen molar-refractivity contribution in [2.75, 3.05) is 6.61 Å². The van der Waals surface area contributed by atoms with Crippen LogP contribution in [0, 0.1) is 0 Å². The Morgan fingerprint density at radius 3 is 1.75 bits per heavy atom. The van der Waals surface area contributed by atoms with E-state index < -0.39 is 7.23 Å². The maximum atomic E-state index is 10.5. The molecular weight excluding hydrogens is 239 g/mol. The Kier molecular flexibility index (Phi) is 13.8. The van der Waals surface area contributed by atoms with Gasteiger partial charge in [-0.15, -0.1) is 4.52 Å². The van der Waals surface area contributed by atoms with Gasteiger partial charge in [0.2, 0.25) is 0 Å². The summed E-state index contributed by atoms with van der Waals surface area (Å²) in [7, 11) is -1.69. The summed E-state index contributed by atoms with van der Waals surface area (Å²) in [5.41, 5.74) is 0. The Labute approximate surface area is 107 Å². The van der Waals surface area contributed by atoms with Crippen LogP contribution in [0.3, 0.4) is 0 Å². The highest BCUT2D eigenvalue weighted by molar-refractivity contribution is 8.39. The number of hydrogen-bond donors (Lipinski definition) is 1. The zero-order valence-electron chi connectivity index (χ0n) is 10.5. The molecule has 0 rings (SSSR count). The van der Waals surface area contributed by atoms with Gasteiger partial charge >= 0.3 is 7.23 Å². The molecule has 4 heteroatoms. The molecule has 0 saturated carbocycles. The van der Waals surface area contributed by atoms with E-state index in [-0.39, 0.29) is 0 Å². The van der Waals surface area contributed by atoms with Crippen LogP contribution in [0.1, 0.15) is 71.1 Å². The van der Waals surface area contributed by atoms with Gasteiger partial charge in [0.1, 0.15) is 18.9 Å². The third-order valence-corrected chi connectivity index (χ3v) is 3.45. The van der Waals surface area contributed by atoms with Gasteiger partial charge in [0.05, 0.1) is 0 Å². The minimum Gasteiger partial charge on any atom is -0.136 e. The molecule has 0 bridgehead atoms. The number of thiol groups is 1. The Morgan fingerprint density at radius 1 is 0.875 bits per heavy atom. The first-order valence-electron chi connectivity index (χ1n) is 6.56. The van der Waals surface area contributed by atoms with Crippen LogP contribution in [0.5, 0.6) is 0 Å². The molecule has 0 N–H and O–H groups in total. The first-order chi connectivity index (χ1) is 7.77. The van der Waals surface area contributed by atoms with Crippen LogP contribution in [0.15, 0.2) is 0 Å². The molecule has 0 radical (unpaired) electrons. The van der Waals surface area contributed by atoms with Gasteiger partial charge in [-0.25, -0.2) is 0 Å². The molecule has 0 aliphatic heterocycles. The minimum absolute atomic E-state index is 0.592. The maximum absolute atomic E-state index is 10.5. The van der Waals surface area contributed by atoms with Crippen LogP contribution < -0.4 is 0 Å². The van der Waals surface area contributed by atoms with E-state index in [1.165, 1.54) is 57.8 Å². The predicted octanol–water partition coefficient (Wildman–Crippen LogP) is 5.51. The van der Waals surface area contributed by atoms with E-state index in [9.17, 15) is 4.57 Å². The SMILES string of the molecule is CCCCCCCCCCCCO[P+](=O)S. The molecule has 0 aliphatic carbocycles. The van der Waals surface area contributed by atoms with Crippen molar-refractivity contribution in [1.82, 2.24) is 0 Å². The lowest BCUT2D eigenvalue weighted by Crippen LogP contribution is -1.86. The Morgan fingerprint density at radius 2 is 1.31 bits per heavy atom. The molecule has 0 amide bonds.